The van der Waals surface area contributed by atoms with Gasteiger partial charge >= 0.3 is 5.97 Å². The Hall–Kier alpha value is -1.95. The first kappa shape index (κ1) is 14.5. The van der Waals surface area contributed by atoms with E-state index < -0.39 is 12.3 Å². The van der Waals surface area contributed by atoms with Crippen molar-refractivity contribution in [2.24, 2.45) is 5.16 Å². The first-order valence-corrected chi connectivity index (χ1v) is 6.47. The van der Waals surface area contributed by atoms with Gasteiger partial charge in [0.2, 0.25) is 6.29 Å². The van der Waals surface area contributed by atoms with Gasteiger partial charge in [-0.05, 0) is 30.5 Å². The number of carboxylic acids is 1. The van der Waals surface area contributed by atoms with Crippen LogP contribution in [0.5, 0.6) is 0 Å². The van der Waals surface area contributed by atoms with Gasteiger partial charge in [0.05, 0.1) is 6.61 Å². The summed E-state index contributed by atoms with van der Waals surface area (Å²) in [6, 6.07) is 5.59. The Morgan fingerprint density at radius 2 is 2.15 bits per heavy atom. The van der Waals surface area contributed by atoms with E-state index in [1.165, 1.54) is 24.3 Å². The van der Waals surface area contributed by atoms with E-state index in [0.29, 0.717) is 18.6 Å². The lowest BCUT2D eigenvalue weighted by molar-refractivity contribution is -0.162. The Morgan fingerprint density at radius 1 is 1.40 bits per heavy atom. The minimum absolute atomic E-state index is 0.0718. The van der Waals surface area contributed by atoms with Gasteiger partial charge in [-0.25, -0.2) is 9.18 Å². The molecule has 1 aliphatic rings. The number of halogens is 1. The molecule has 1 N–H and O–H groups in total. The van der Waals surface area contributed by atoms with Gasteiger partial charge in [0.1, 0.15) is 5.82 Å². The summed E-state index contributed by atoms with van der Waals surface area (Å²) in [5.74, 6) is -1.53. The third-order valence-electron chi connectivity index (χ3n) is 2.95. The number of benzene rings is 1. The number of ether oxygens (including phenoxy) is 1. The molecule has 0 saturated carbocycles. The fourth-order valence-corrected chi connectivity index (χ4v) is 1.86. The van der Waals surface area contributed by atoms with Gasteiger partial charge in [-0.2, -0.15) is 0 Å². The van der Waals surface area contributed by atoms with Crippen LogP contribution in [0.4, 0.5) is 4.39 Å². The van der Waals surface area contributed by atoms with Crippen molar-refractivity contribution < 1.29 is 23.9 Å². The Kier molecular flexibility index (Phi) is 5.06. The maximum Gasteiger partial charge on any atom is 0.354 e. The van der Waals surface area contributed by atoms with Crippen LogP contribution >= 0.6 is 0 Å². The van der Waals surface area contributed by atoms with Gasteiger partial charge in [-0.1, -0.05) is 17.3 Å². The minimum Gasteiger partial charge on any atom is -0.477 e. The van der Waals surface area contributed by atoms with Crippen molar-refractivity contribution in [3.05, 3.63) is 35.6 Å². The average Bonchev–Trinajstić information content (AvgIpc) is 2.46. The molecule has 2 rings (SSSR count). The van der Waals surface area contributed by atoms with E-state index in [9.17, 15) is 9.18 Å². The van der Waals surface area contributed by atoms with Crippen molar-refractivity contribution in [1.82, 2.24) is 0 Å². The number of carbonyl (C=O) groups is 1. The summed E-state index contributed by atoms with van der Waals surface area (Å²) >= 11 is 0. The van der Waals surface area contributed by atoms with E-state index in [4.69, 9.17) is 14.7 Å². The van der Waals surface area contributed by atoms with Crippen LogP contribution in [0.3, 0.4) is 0 Å². The standard InChI is InChI=1S/C14H16FNO4/c15-11-6-4-10(5-7-11)9-12(14(17)18)16-20-13-3-1-2-8-19-13/h4-7,13H,1-3,8-9H2,(H,17,18)/b16-12+. The number of carboxylic acid groups (broad SMARTS) is 1. The molecule has 1 aromatic rings. The van der Waals surface area contributed by atoms with Gasteiger partial charge in [-0.3, -0.25) is 0 Å². The largest absolute Gasteiger partial charge is 0.477 e. The van der Waals surface area contributed by atoms with Gasteiger partial charge < -0.3 is 14.7 Å². The molecule has 0 aliphatic carbocycles. The maximum absolute atomic E-state index is 12.8. The second-order valence-corrected chi connectivity index (χ2v) is 4.55. The zero-order chi connectivity index (χ0) is 14.4. The van der Waals surface area contributed by atoms with Crippen LogP contribution in [0, 0.1) is 5.82 Å². The fourth-order valence-electron chi connectivity index (χ4n) is 1.86. The summed E-state index contributed by atoms with van der Waals surface area (Å²) in [6.07, 6.45) is 2.24. The predicted molar refractivity (Wildman–Crippen MR) is 69.9 cm³/mol. The monoisotopic (exact) mass is 281 g/mol. The molecule has 1 aliphatic heterocycles. The van der Waals surface area contributed by atoms with Crippen LogP contribution in [-0.4, -0.2) is 29.7 Å². The van der Waals surface area contributed by atoms with E-state index in [2.05, 4.69) is 5.16 Å². The number of oxime groups is 1. The first-order chi connectivity index (χ1) is 9.65. The summed E-state index contributed by atoms with van der Waals surface area (Å²) in [4.78, 5) is 16.2. The summed E-state index contributed by atoms with van der Waals surface area (Å²) in [5.41, 5.74) is 0.520. The quantitative estimate of drug-likeness (QED) is 0.664. The van der Waals surface area contributed by atoms with E-state index in [1.54, 1.807) is 0 Å². The second kappa shape index (κ2) is 7.00. The van der Waals surface area contributed by atoms with Crippen LogP contribution in [0.15, 0.2) is 29.4 Å². The topological polar surface area (TPSA) is 68.1 Å². The Morgan fingerprint density at radius 3 is 2.75 bits per heavy atom. The van der Waals surface area contributed by atoms with Gasteiger partial charge in [0.15, 0.2) is 5.71 Å². The number of hydrogen-bond donors (Lipinski definition) is 1. The van der Waals surface area contributed by atoms with Crippen LogP contribution in [0.2, 0.25) is 0 Å². The van der Waals surface area contributed by atoms with E-state index in [1.807, 2.05) is 0 Å². The molecule has 20 heavy (non-hydrogen) atoms. The number of nitrogens with zero attached hydrogens (tertiary/aromatic N) is 1. The third kappa shape index (κ3) is 4.31. The van der Waals surface area contributed by atoms with Crippen LogP contribution in [-0.2, 0) is 20.8 Å². The van der Waals surface area contributed by atoms with Gasteiger partial charge in [-0.15, -0.1) is 0 Å². The molecule has 5 nitrogen and oxygen atoms in total. The van der Waals surface area contributed by atoms with Crippen molar-refractivity contribution >= 4 is 11.7 Å². The highest BCUT2D eigenvalue weighted by Crippen LogP contribution is 2.14. The first-order valence-electron chi connectivity index (χ1n) is 6.47. The molecule has 1 fully saturated rings. The summed E-state index contributed by atoms with van der Waals surface area (Å²) in [6.45, 7) is 0.598. The lowest BCUT2D eigenvalue weighted by Gasteiger charge is -2.20. The van der Waals surface area contributed by atoms with Gasteiger partial charge in [0, 0.05) is 12.8 Å². The molecule has 1 unspecified atom stereocenters. The lowest BCUT2D eigenvalue weighted by Crippen LogP contribution is -2.23. The van der Waals surface area contributed by atoms with E-state index in [0.717, 1.165) is 12.8 Å². The zero-order valence-electron chi connectivity index (χ0n) is 10.9. The highest BCUT2D eigenvalue weighted by atomic mass is 19.1. The minimum atomic E-state index is -1.16. The van der Waals surface area contributed by atoms with Crippen LogP contribution < -0.4 is 0 Å². The molecule has 1 heterocycles. The normalized spacial score (nSPS) is 19.6. The number of hydrogen-bond acceptors (Lipinski definition) is 4. The molecular formula is C14H16FNO4. The van der Waals surface area contributed by atoms with Crippen molar-refractivity contribution in [2.75, 3.05) is 6.61 Å². The van der Waals surface area contributed by atoms with Crippen molar-refractivity contribution in [1.29, 1.82) is 0 Å². The van der Waals surface area contributed by atoms with Crippen LogP contribution in [0.25, 0.3) is 0 Å². The molecule has 1 aromatic carbocycles. The predicted octanol–water partition coefficient (Wildman–Crippen LogP) is 2.35. The zero-order valence-corrected chi connectivity index (χ0v) is 10.9. The van der Waals surface area contributed by atoms with Gasteiger partial charge in [0.25, 0.3) is 0 Å². The Labute approximate surface area is 116 Å². The Balaban J connectivity index is 1.98. The maximum atomic E-state index is 12.8. The molecule has 0 amide bonds. The van der Waals surface area contributed by atoms with Crippen molar-refractivity contribution in [3.63, 3.8) is 0 Å². The van der Waals surface area contributed by atoms with E-state index in [-0.39, 0.29) is 17.9 Å². The second-order valence-electron chi connectivity index (χ2n) is 4.55. The summed E-state index contributed by atoms with van der Waals surface area (Å²) in [7, 11) is 0. The average molecular weight is 281 g/mol. The molecular weight excluding hydrogens is 265 g/mol. The summed E-state index contributed by atoms with van der Waals surface area (Å²) in [5, 5.41) is 12.8. The molecule has 6 heteroatoms. The fraction of sp³-hybridized carbons (Fsp3) is 0.429. The smallest absolute Gasteiger partial charge is 0.354 e. The molecule has 0 spiro atoms. The highest BCUT2D eigenvalue weighted by Gasteiger charge is 2.17. The SMILES string of the molecule is O=C(O)/C(Cc1ccc(F)cc1)=N/OC1CCCCO1. The van der Waals surface area contributed by atoms with Crippen molar-refractivity contribution in [2.45, 2.75) is 32.0 Å². The number of rotatable bonds is 5. The molecule has 0 bridgehead atoms. The molecule has 1 saturated heterocycles. The van der Waals surface area contributed by atoms with E-state index >= 15 is 0 Å². The molecule has 108 valence electrons. The van der Waals surface area contributed by atoms with Crippen LogP contribution in [0.1, 0.15) is 24.8 Å². The molecule has 0 radical (unpaired) electrons. The van der Waals surface area contributed by atoms with Crippen molar-refractivity contribution in [3.8, 4) is 0 Å². The Bertz CT molecular complexity index is 480. The summed E-state index contributed by atoms with van der Waals surface area (Å²) < 4.78 is 18.1. The third-order valence-corrected chi connectivity index (χ3v) is 2.95. The number of aliphatic carboxylic acids is 1. The lowest BCUT2D eigenvalue weighted by atomic mass is 10.1. The highest BCUT2D eigenvalue weighted by molar-refractivity contribution is 6.35. The molecule has 1 atom stereocenters. The molecule has 0 aromatic heterocycles.